The van der Waals surface area contributed by atoms with Crippen LogP contribution < -0.4 is 16.1 Å². The summed E-state index contributed by atoms with van der Waals surface area (Å²) in [5.41, 5.74) is 6.43. The zero-order chi connectivity index (χ0) is 14.3. The Morgan fingerprint density at radius 3 is 2.85 bits per heavy atom. The van der Waals surface area contributed by atoms with Crippen molar-refractivity contribution in [2.75, 3.05) is 0 Å². The Morgan fingerprint density at radius 2 is 2.15 bits per heavy atom. The molecule has 0 radical (unpaired) electrons. The van der Waals surface area contributed by atoms with Gasteiger partial charge in [0.2, 0.25) is 5.88 Å². The van der Waals surface area contributed by atoms with Gasteiger partial charge >= 0.3 is 5.63 Å². The molecule has 0 bridgehead atoms. The van der Waals surface area contributed by atoms with Crippen molar-refractivity contribution in [1.82, 2.24) is 0 Å². The van der Waals surface area contributed by atoms with E-state index in [0.29, 0.717) is 28.7 Å². The smallest absolute Gasteiger partial charge is 0.343 e. The van der Waals surface area contributed by atoms with Crippen LogP contribution in [-0.4, -0.2) is 0 Å². The summed E-state index contributed by atoms with van der Waals surface area (Å²) in [7, 11) is 0. The van der Waals surface area contributed by atoms with Gasteiger partial charge < -0.3 is 14.9 Å². The van der Waals surface area contributed by atoms with Crippen LogP contribution in [0.5, 0.6) is 5.75 Å². The SMILES string of the molecule is CC[C@@H]1C(C#N)=C(N)Oc2c1c(=O)oc1ccccc21. The summed E-state index contributed by atoms with van der Waals surface area (Å²) in [6, 6.07) is 9.12. The van der Waals surface area contributed by atoms with Gasteiger partial charge in [-0.15, -0.1) is 0 Å². The largest absolute Gasteiger partial charge is 0.439 e. The van der Waals surface area contributed by atoms with Gasteiger partial charge in [0.15, 0.2) is 5.75 Å². The second-order valence-corrected chi connectivity index (χ2v) is 4.58. The molecule has 1 atom stereocenters. The molecule has 0 unspecified atom stereocenters. The van der Waals surface area contributed by atoms with Crippen molar-refractivity contribution in [2.45, 2.75) is 19.3 Å². The number of hydrogen-bond acceptors (Lipinski definition) is 5. The Balaban J connectivity index is 2.40. The Morgan fingerprint density at radius 1 is 1.40 bits per heavy atom. The van der Waals surface area contributed by atoms with Gasteiger partial charge in [-0.05, 0) is 18.6 Å². The van der Waals surface area contributed by atoms with Crippen LogP contribution in [0.2, 0.25) is 0 Å². The van der Waals surface area contributed by atoms with Crippen LogP contribution in [0.1, 0.15) is 24.8 Å². The van der Waals surface area contributed by atoms with E-state index < -0.39 is 5.63 Å². The number of hydrogen-bond donors (Lipinski definition) is 1. The average Bonchev–Trinajstić information content (AvgIpc) is 2.46. The van der Waals surface area contributed by atoms with Crippen molar-refractivity contribution in [3.8, 4) is 11.8 Å². The van der Waals surface area contributed by atoms with Crippen LogP contribution in [0.3, 0.4) is 0 Å². The summed E-state index contributed by atoms with van der Waals surface area (Å²) in [4.78, 5) is 12.2. The van der Waals surface area contributed by atoms with E-state index in [2.05, 4.69) is 0 Å². The molecule has 2 heterocycles. The minimum Gasteiger partial charge on any atom is -0.439 e. The van der Waals surface area contributed by atoms with Gasteiger partial charge in [0.25, 0.3) is 0 Å². The van der Waals surface area contributed by atoms with E-state index in [9.17, 15) is 10.1 Å². The highest BCUT2D eigenvalue weighted by Crippen LogP contribution is 2.41. The number of benzene rings is 1. The third kappa shape index (κ3) is 1.58. The Labute approximate surface area is 114 Å². The summed E-state index contributed by atoms with van der Waals surface area (Å²) >= 11 is 0. The maximum atomic E-state index is 12.2. The third-order valence-corrected chi connectivity index (χ3v) is 3.50. The van der Waals surface area contributed by atoms with Crippen LogP contribution in [0.15, 0.2) is 44.9 Å². The van der Waals surface area contributed by atoms with Crippen LogP contribution in [-0.2, 0) is 0 Å². The second-order valence-electron chi connectivity index (χ2n) is 4.58. The standard InChI is InChI=1S/C15H12N2O3/c1-2-8-10(7-16)14(17)20-13-9-5-3-4-6-11(9)19-15(18)12(8)13/h3-6,8H,2,17H2,1H3/t8-/m1/s1. The van der Waals surface area contributed by atoms with Crippen molar-refractivity contribution in [3.63, 3.8) is 0 Å². The second kappa shape index (κ2) is 4.42. The Hall–Kier alpha value is -2.74. The fourth-order valence-electron chi connectivity index (χ4n) is 2.57. The van der Waals surface area contributed by atoms with E-state index >= 15 is 0 Å². The topological polar surface area (TPSA) is 89.3 Å². The number of fused-ring (bicyclic) bond motifs is 3. The van der Waals surface area contributed by atoms with Crippen molar-refractivity contribution in [3.05, 3.63) is 51.7 Å². The lowest BCUT2D eigenvalue weighted by atomic mass is 9.88. The summed E-state index contributed by atoms with van der Waals surface area (Å²) in [6.45, 7) is 1.89. The summed E-state index contributed by atoms with van der Waals surface area (Å²) in [6.07, 6.45) is 0.572. The molecule has 1 aromatic carbocycles. The molecule has 5 heteroatoms. The van der Waals surface area contributed by atoms with Gasteiger partial charge in [-0.3, -0.25) is 0 Å². The first kappa shape index (κ1) is 12.3. The molecule has 0 fully saturated rings. The highest BCUT2D eigenvalue weighted by molar-refractivity contribution is 5.85. The van der Waals surface area contributed by atoms with E-state index in [-0.39, 0.29) is 17.4 Å². The number of para-hydroxylation sites is 1. The number of ether oxygens (including phenoxy) is 1. The molecule has 0 amide bonds. The Kier molecular flexibility index (Phi) is 2.72. The van der Waals surface area contributed by atoms with Gasteiger partial charge in [-0.2, -0.15) is 5.26 Å². The van der Waals surface area contributed by atoms with Crippen LogP contribution >= 0.6 is 0 Å². The van der Waals surface area contributed by atoms with Gasteiger partial charge in [0, 0.05) is 5.92 Å². The van der Waals surface area contributed by atoms with Gasteiger partial charge in [-0.25, -0.2) is 4.79 Å². The maximum Gasteiger partial charge on any atom is 0.343 e. The molecular weight excluding hydrogens is 256 g/mol. The summed E-state index contributed by atoms with van der Waals surface area (Å²) in [5.74, 6) is 0.0763. The number of allylic oxidation sites excluding steroid dienone is 1. The molecule has 5 nitrogen and oxygen atoms in total. The first-order valence-electron chi connectivity index (χ1n) is 6.30. The van der Waals surface area contributed by atoms with Gasteiger partial charge in [0.05, 0.1) is 16.5 Å². The van der Waals surface area contributed by atoms with Crippen molar-refractivity contribution >= 4 is 11.0 Å². The monoisotopic (exact) mass is 268 g/mol. The molecule has 100 valence electrons. The normalized spacial score (nSPS) is 17.5. The molecule has 2 aromatic rings. The quantitative estimate of drug-likeness (QED) is 0.802. The van der Waals surface area contributed by atoms with Gasteiger partial charge in [0.1, 0.15) is 11.7 Å². The fraction of sp³-hybridized carbons (Fsp3) is 0.200. The number of rotatable bonds is 1. The zero-order valence-corrected chi connectivity index (χ0v) is 10.8. The molecule has 1 aromatic heterocycles. The minimum absolute atomic E-state index is 0.0580. The predicted octanol–water partition coefficient (Wildman–Crippen LogP) is 2.37. The third-order valence-electron chi connectivity index (χ3n) is 3.50. The lowest BCUT2D eigenvalue weighted by molar-refractivity contribution is 0.380. The van der Waals surface area contributed by atoms with E-state index in [1.165, 1.54) is 0 Å². The molecule has 1 aliphatic heterocycles. The van der Waals surface area contributed by atoms with Gasteiger partial charge in [-0.1, -0.05) is 19.1 Å². The first-order valence-corrected chi connectivity index (χ1v) is 6.30. The Bertz CT molecular complexity index is 827. The highest BCUT2D eigenvalue weighted by atomic mass is 16.5. The summed E-state index contributed by atoms with van der Waals surface area (Å²) in [5, 5.41) is 9.87. The van der Waals surface area contributed by atoms with Crippen LogP contribution in [0.4, 0.5) is 0 Å². The van der Waals surface area contributed by atoms with Crippen LogP contribution in [0.25, 0.3) is 11.0 Å². The van der Waals surface area contributed by atoms with E-state index in [0.717, 1.165) is 0 Å². The van der Waals surface area contributed by atoms with Crippen molar-refractivity contribution < 1.29 is 9.15 Å². The van der Waals surface area contributed by atoms with E-state index in [4.69, 9.17) is 14.9 Å². The van der Waals surface area contributed by atoms with Crippen molar-refractivity contribution in [1.29, 1.82) is 5.26 Å². The van der Waals surface area contributed by atoms with Crippen molar-refractivity contribution in [2.24, 2.45) is 5.73 Å². The lowest BCUT2D eigenvalue weighted by Crippen LogP contribution is -2.25. The lowest BCUT2D eigenvalue weighted by Gasteiger charge is -2.24. The van der Waals surface area contributed by atoms with E-state index in [1.807, 2.05) is 19.1 Å². The zero-order valence-electron chi connectivity index (χ0n) is 10.8. The average molecular weight is 268 g/mol. The van der Waals surface area contributed by atoms with E-state index in [1.54, 1.807) is 18.2 Å². The fourth-order valence-corrected chi connectivity index (χ4v) is 2.57. The molecular formula is C15H12N2O3. The molecule has 0 saturated heterocycles. The molecule has 1 aliphatic rings. The molecule has 2 N–H and O–H groups in total. The first-order chi connectivity index (χ1) is 9.67. The number of nitrogens with zero attached hydrogens (tertiary/aromatic N) is 1. The molecule has 3 rings (SSSR count). The summed E-state index contributed by atoms with van der Waals surface area (Å²) < 4.78 is 10.8. The molecule has 0 saturated carbocycles. The predicted molar refractivity (Wildman–Crippen MR) is 73.0 cm³/mol. The molecule has 0 aliphatic carbocycles. The number of nitrogens with two attached hydrogens (primary N) is 1. The molecule has 0 spiro atoms. The van der Waals surface area contributed by atoms with Crippen LogP contribution in [0, 0.1) is 11.3 Å². The minimum atomic E-state index is -0.481. The maximum absolute atomic E-state index is 12.2. The highest BCUT2D eigenvalue weighted by Gasteiger charge is 2.32. The number of nitriles is 1. The molecule has 20 heavy (non-hydrogen) atoms.